The largest absolute Gasteiger partial charge is 0.374 e. The molecule has 1 amide bonds. The van der Waals surface area contributed by atoms with Crippen molar-refractivity contribution in [2.24, 2.45) is 0 Å². The van der Waals surface area contributed by atoms with Gasteiger partial charge < -0.3 is 10.6 Å². The Bertz CT molecular complexity index is 1100. The van der Waals surface area contributed by atoms with Crippen LogP contribution in [-0.4, -0.2) is 17.4 Å². The topological polar surface area (TPSA) is 77.8 Å². The van der Waals surface area contributed by atoms with Crippen LogP contribution < -0.4 is 10.6 Å². The number of hydrogen-bond acceptors (Lipinski definition) is 4. The highest BCUT2D eigenvalue weighted by Gasteiger charge is 2.16. The van der Waals surface area contributed by atoms with Gasteiger partial charge in [-0.3, -0.25) is 9.78 Å². The summed E-state index contributed by atoms with van der Waals surface area (Å²) in [4.78, 5) is 16.3. The number of nitrogens with one attached hydrogen (secondary N) is 2. The maximum absolute atomic E-state index is 14.0. The summed E-state index contributed by atoms with van der Waals surface area (Å²) in [6, 6.07) is 10.1. The van der Waals surface area contributed by atoms with Gasteiger partial charge in [0.25, 0.3) is 0 Å². The average Bonchev–Trinajstić information content (AvgIpc) is 2.64. The number of carbonyl (C=O) groups is 1. The van der Waals surface area contributed by atoms with Crippen molar-refractivity contribution in [3.63, 3.8) is 0 Å². The molecular formula is C19H13BrClFN4O. The van der Waals surface area contributed by atoms with Crippen LogP contribution in [0.25, 0.3) is 10.9 Å². The molecule has 0 atom stereocenters. The number of amides is 1. The second-order valence-corrected chi connectivity index (χ2v) is 7.10. The summed E-state index contributed by atoms with van der Waals surface area (Å²) in [5.74, 6) is -0.876. The van der Waals surface area contributed by atoms with Gasteiger partial charge in [-0.2, -0.15) is 5.26 Å². The average molecular weight is 448 g/mol. The molecule has 136 valence electrons. The number of fused-ring (bicyclic) bond motifs is 1. The minimum absolute atomic E-state index is 0.0353. The summed E-state index contributed by atoms with van der Waals surface area (Å²) in [7, 11) is 0. The minimum Gasteiger partial charge on any atom is -0.374 e. The van der Waals surface area contributed by atoms with Gasteiger partial charge in [0.15, 0.2) is 0 Å². The summed E-state index contributed by atoms with van der Waals surface area (Å²) in [5, 5.41) is 15.5. The van der Waals surface area contributed by atoms with E-state index in [4.69, 9.17) is 11.6 Å². The van der Waals surface area contributed by atoms with E-state index in [1.54, 1.807) is 6.07 Å². The molecule has 2 N–H and O–H groups in total. The first kappa shape index (κ1) is 19.1. The molecule has 0 spiro atoms. The van der Waals surface area contributed by atoms with Crippen LogP contribution in [-0.2, 0) is 4.79 Å². The van der Waals surface area contributed by atoms with E-state index < -0.39 is 5.82 Å². The Morgan fingerprint density at radius 1 is 1.37 bits per heavy atom. The lowest BCUT2D eigenvalue weighted by Gasteiger charge is -2.13. The Hall–Kier alpha value is -2.69. The number of nitrogens with zero attached hydrogens (tertiary/aromatic N) is 2. The van der Waals surface area contributed by atoms with Crippen LogP contribution in [0.4, 0.5) is 15.8 Å². The molecule has 1 heterocycles. The van der Waals surface area contributed by atoms with E-state index in [0.717, 1.165) is 10.0 Å². The highest BCUT2D eigenvalue weighted by atomic mass is 79.9. The number of anilines is 2. The van der Waals surface area contributed by atoms with E-state index in [2.05, 4.69) is 31.5 Å². The molecule has 0 aliphatic rings. The monoisotopic (exact) mass is 446 g/mol. The molecule has 0 fully saturated rings. The van der Waals surface area contributed by atoms with E-state index in [-0.39, 0.29) is 39.6 Å². The zero-order valence-corrected chi connectivity index (χ0v) is 16.4. The molecule has 0 radical (unpaired) electrons. The highest BCUT2D eigenvalue weighted by Crippen LogP contribution is 2.33. The number of carbonyl (C=O) groups excluding carboxylic acids is 1. The normalized spacial score (nSPS) is 10.5. The van der Waals surface area contributed by atoms with E-state index in [1.165, 1.54) is 18.3 Å². The maximum atomic E-state index is 14.0. The fraction of sp³-hybridized carbons (Fsp3) is 0.105. The molecule has 3 aromatic rings. The minimum atomic E-state index is -0.558. The van der Waals surface area contributed by atoms with Crippen LogP contribution in [0.15, 0.2) is 41.0 Å². The van der Waals surface area contributed by atoms with E-state index in [1.807, 2.05) is 25.1 Å². The molecule has 27 heavy (non-hydrogen) atoms. The summed E-state index contributed by atoms with van der Waals surface area (Å²) < 4.78 is 14.9. The van der Waals surface area contributed by atoms with Crippen molar-refractivity contribution in [2.75, 3.05) is 17.2 Å². The van der Waals surface area contributed by atoms with E-state index in [0.29, 0.717) is 5.69 Å². The summed E-state index contributed by atoms with van der Waals surface area (Å²) in [6.07, 6.45) is 1.25. The molecule has 0 saturated carbocycles. The number of aromatic nitrogens is 1. The van der Waals surface area contributed by atoms with Gasteiger partial charge in [-0.25, -0.2) is 4.39 Å². The van der Waals surface area contributed by atoms with Gasteiger partial charge in [-0.15, -0.1) is 0 Å². The number of benzene rings is 2. The molecule has 0 saturated heterocycles. The molecule has 1 aromatic heterocycles. The molecule has 0 unspecified atom stereocenters. The fourth-order valence-electron chi connectivity index (χ4n) is 2.63. The summed E-state index contributed by atoms with van der Waals surface area (Å²) in [5.41, 5.74) is 2.05. The number of nitriles is 1. The lowest BCUT2D eigenvalue weighted by molar-refractivity contribution is -0.114. The Kier molecular flexibility index (Phi) is 5.59. The number of rotatable bonds is 4. The van der Waals surface area contributed by atoms with Gasteiger partial charge in [0.1, 0.15) is 17.4 Å². The molecule has 8 heteroatoms. The van der Waals surface area contributed by atoms with Crippen molar-refractivity contribution in [2.45, 2.75) is 6.92 Å². The number of halogens is 3. The first-order chi connectivity index (χ1) is 12.9. The number of aryl methyl sites for hydroxylation is 1. The lowest BCUT2D eigenvalue weighted by atomic mass is 10.1. The quantitative estimate of drug-likeness (QED) is 0.589. The van der Waals surface area contributed by atoms with Gasteiger partial charge in [-0.05, 0) is 42.8 Å². The molecule has 2 aromatic carbocycles. The van der Waals surface area contributed by atoms with Gasteiger partial charge >= 0.3 is 0 Å². The predicted molar refractivity (Wildman–Crippen MR) is 107 cm³/mol. The molecule has 5 nitrogen and oxygen atoms in total. The smallest absolute Gasteiger partial charge is 0.243 e. The molecule has 3 rings (SSSR count). The van der Waals surface area contributed by atoms with Gasteiger partial charge in [0, 0.05) is 21.7 Å². The molecule has 0 bridgehead atoms. The summed E-state index contributed by atoms with van der Waals surface area (Å²) >= 11 is 9.55. The third-order valence-electron chi connectivity index (χ3n) is 3.93. The third kappa shape index (κ3) is 4.02. The first-order valence-electron chi connectivity index (χ1n) is 7.87. The zero-order valence-electron chi connectivity index (χ0n) is 14.1. The van der Waals surface area contributed by atoms with Gasteiger partial charge in [0.05, 0.1) is 22.8 Å². The van der Waals surface area contributed by atoms with Crippen molar-refractivity contribution < 1.29 is 9.18 Å². The maximum Gasteiger partial charge on any atom is 0.243 e. The van der Waals surface area contributed by atoms with Crippen LogP contribution >= 0.6 is 27.5 Å². The molecule has 0 aliphatic carbocycles. The van der Waals surface area contributed by atoms with Crippen molar-refractivity contribution in [3.05, 3.63) is 63.0 Å². The lowest BCUT2D eigenvalue weighted by Crippen LogP contribution is -2.22. The van der Waals surface area contributed by atoms with Gasteiger partial charge in [0.2, 0.25) is 5.91 Å². The summed E-state index contributed by atoms with van der Waals surface area (Å²) in [6.45, 7) is 1.75. The van der Waals surface area contributed by atoms with Crippen LogP contribution in [0.3, 0.4) is 0 Å². The standard InChI is InChI=1S/C19H13BrClFN4O/c1-10-6-12(20)2-5-15(10)26-16(27)9-25-18-11(7-23)8-24-19-14(22)4-3-13(21)17(18)19/h2-6,8H,9H2,1H3,(H,24,25)(H,26,27). The van der Waals surface area contributed by atoms with Crippen LogP contribution in [0, 0.1) is 24.1 Å². The van der Waals surface area contributed by atoms with Crippen molar-refractivity contribution in [1.29, 1.82) is 5.26 Å². The van der Waals surface area contributed by atoms with E-state index in [9.17, 15) is 14.4 Å². The highest BCUT2D eigenvalue weighted by molar-refractivity contribution is 9.10. The Morgan fingerprint density at radius 3 is 2.85 bits per heavy atom. The zero-order chi connectivity index (χ0) is 19.6. The van der Waals surface area contributed by atoms with Crippen LogP contribution in [0.2, 0.25) is 5.02 Å². The van der Waals surface area contributed by atoms with Crippen molar-refractivity contribution in [1.82, 2.24) is 4.98 Å². The Labute approximate surface area is 168 Å². The second-order valence-electron chi connectivity index (χ2n) is 5.77. The molecular weight excluding hydrogens is 435 g/mol. The number of pyridine rings is 1. The number of hydrogen-bond donors (Lipinski definition) is 2. The van der Waals surface area contributed by atoms with Gasteiger partial charge in [-0.1, -0.05) is 27.5 Å². The Morgan fingerprint density at radius 2 is 2.15 bits per heavy atom. The SMILES string of the molecule is Cc1cc(Br)ccc1NC(=O)CNc1c(C#N)cnc2c(F)ccc(Cl)c12. The van der Waals surface area contributed by atoms with E-state index >= 15 is 0 Å². The van der Waals surface area contributed by atoms with Crippen molar-refractivity contribution >= 4 is 55.7 Å². The predicted octanol–water partition coefficient (Wildman–Crippen LogP) is 5.02. The second kappa shape index (κ2) is 7.91. The molecule has 0 aliphatic heterocycles. The third-order valence-corrected chi connectivity index (χ3v) is 4.74. The fourth-order valence-corrected chi connectivity index (χ4v) is 3.35. The Balaban J connectivity index is 1.87. The van der Waals surface area contributed by atoms with Crippen molar-refractivity contribution in [3.8, 4) is 6.07 Å². The first-order valence-corrected chi connectivity index (χ1v) is 9.04. The van der Waals surface area contributed by atoms with Crippen LogP contribution in [0.1, 0.15) is 11.1 Å². The van der Waals surface area contributed by atoms with Crippen LogP contribution in [0.5, 0.6) is 0 Å².